The predicted octanol–water partition coefficient (Wildman–Crippen LogP) is 5.56. The molecule has 0 aliphatic rings. The van der Waals surface area contributed by atoms with Crippen LogP contribution in [-0.4, -0.2) is 15.9 Å². The Kier molecular flexibility index (Phi) is 5.13. The summed E-state index contributed by atoms with van der Waals surface area (Å²) in [4.78, 5) is 20.5. The maximum atomic E-state index is 12.4. The molecule has 1 aromatic heterocycles. The van der Waals surface area contributed by atoms with Crippen LogP contribution in [0.5, 0.6) is 0 Å². The number of carbonyl (C=O) groups excluding carboxylic acids is 1. The number of nitrogens with zero attached hydrogens (tertiary/aromatic N) is 1. The first-order valence-corrected chi connectivity index (χ1v) is 9.56. The van der Waals surface area contributed by atoms with Gasteiger partial charge in [-0.25, -0.2) is 4.98 Å². The molecule has 0 spiro atoms. The van der Waals surface area contributed by atoms with E-state index in [2.05, 4.69) is 40.4 Å². The van der Waals surface area contributed by atoms with Crippen LogP contribution in [0.2, 0.25) is 5.02 Å². The van der Waals surface area contributed by atoms with Crippen molar-refractivity contribution in [2.24, 2.45) is 0 Å². The summed E-state index contributed by atoms with van der Waals surface area (Å²) in [6, 6.07) is 21.1. The maximum absolute atomic E-state index is 12.4. The zero-order valence-electron chi connectivity index (χ0n) is 15.5. The van der Waals surface area contributed by atoms with Crippen molar-refractivity contribution >= 4 is 34.2 Å². The summed E-state index contributed by atoms with van der Waals surface area (Å²) < 4.78 is 0. The van der Waals surface area contributed by atoms with Gasteiger partial charge in [-0.1, -0.05) is 41.9 Å². The molecule has 0 bridgehead atoms. The van der Waals surface area contributed by atoms with Gasteiger partial charge in [0.05, 0.1) is 21.6 Å². The number of amides is 1. The van der Waals surface area contributed by atoms with Crippen molar-refractivity contribution in [3.8, 4) is 0 Å². The molecular weight excluding hydrogens is 370 g/mol. The Labute approximate surface area is 168 Å². The molecule has 0 unspecified atom stereocenters. The van der Waals surface area contributed by atoms with Crippen LogP contribution in [0.4, 0.5) is 5.69 Å². The fourth-order valence-electron chi connectivity index (χ4n) is 3.21. The van der Waals surface area contributed by atoms with Gasteiger partial charge >= 0.3 is 0 Å². The van der Waals surface area contributed by atoms with E-state index in [4.69, 9.17) is 11.6 Å². The van der Waals surface area contributed by atoms with Crippen LogP contribution in [-0.2, 0) is 12.8 Å². The van der Waals surface area contributed by atoms with Crippen LogP contribution < -0.4 is 5.32 Å². The molecule has 0 fully saturated rings. The Balaban J connectivity index is 1.44. The molecule has 140 valence electrons. The second kappa shape index (κ2) is 7.87. The number of aromatic amines is 1. The van der Waals surface area contributed by atoms with Crippen molar-refractivity contribution in [3.05, 3.63) is 94.3 Å². The number of fused-ring (bicyclic) bond motifs is 1. The molecule has 4 aromatic rings. The molecule has 5 heteroatoms. The predicted molar refractivity (Wildman–Crippen MR) is 114 cm³/mol. The van der Waals surface area contributed by atoms with Crippen LogP contribution >= 0.6 is 11.6 Å². The molecule has 0 radical (unpaired) electrons. The lowest BCUT2D eigenvalue weighted by molar-refractivity contribution is 0.102. The summed E-state index contributed by atoms with van der Waals surface area (Å²) >= 11 is 6.11. The van der Waals surface area contributed by atoms with Crippen LogP contribution in [0.3, 0.4) is 0 Å². The number of anilines is 1. The minimum absolute atomic E-state index is 0.213. The van der Waals surface area contributed by atoms with Gasteiger partial charge in [-0.2, -0.15) is 0 Å². The topological polar surface area (TPSA) is 57.8 Å². The fraction of sp³-hybridized carbons (Fsp3) is 0.130. The number of aryl methyl sites for hydroxylation is 3. The molecule has 1 heterocycles. The number of hydrogen-bond donors (Lipinski definition) is 2. The number of imidazole rings is 1. The van der Waals surface area contributed by atoms with Crippen LogP contribution in [0.1, 0.15) is 27.3 Å². The smallest absolute Gasteiger partial charge is 0.257 e. The summed E-state index contributed by atoms with van der Waals surface area (Å²) in [6.07, 6.45) is 1.63. The number of carbonyl (C=O) groups is 1. The van der Waals surface area contributed by atoms with E-state index in [0.717, 1.165) is 41.0 Å². The molecule has 1 amide bonds. The molecule has 0 atom stereocenters. The number of halogens is 1. The number of H-pyrrole nitrogens is 1. The van der Waals surface area contributed by atoms with Crippen LogP contribution in [0, 0.1) is 6.92 Å². The number of nitrogens with one attached hydrogen (secondary N) is 2. The highest BCUT2D eigenvalue weighted by atomic mass is 35.5. The van der Waals surface area contributed by atoms with Crippen molar-refractivity contribution in [3.63, 3.8) is 0 Å². The highest BCUT2D eigenvalue weighted by molar-refractivity contribution is 6.34. The Morgan fingerprint density at radius 2 is 1.89 bits per heavy atom. The molecule has 28 heavy (non-hydrogen) atoms. The minimum atomic E-state index is -0.213. The van der Waals surface area contributed by atoms with Gasteiger partial charge in [0.15, 0.2) is 0 Å². The third kappa shape index (κ3) is 4.07. The second-order valence-electron chi connectivity index (χ2n) is 6.84. The zero-order chi connectivity index (χ0) is 19.5. The first-order valence-electron chi connectivity index (χ1n) is 9.18. The van der Waals surface area contributed by atoms with E-state index in [9.17, 15) is 4.79 Å². The third-order valence-corrected chi connectivity index (χ3v) is 4.97. The molecule has 0 aliphatic heterocycles. The van der Waals surface area contributed by atoms with Crippen molar-refractivity contribution in [1.82, 2.24) is 9.97 Å². The highest BCUT2D eigenvalue weighted by Gasteiger charge is 2.10. The van der Waals surface area contributed by atoms with E-state index in [-0.39, 0.29) is 5.91 Å². The van der Waals surface area contributed by atoms with Gasteiger partial charge in [0.1, 0.15) is 5.82 Å². The van der Waals surface area contributed by atoms with Crippen LogP contribution in [0.15, 0.2) is 66.7 Å². The monoisotopic (exact) mass is 389 g/mol. The highest BCUT2D eigenvalue weighted by Crippen LogP contribution is 2.19. The average Bonchev–Trinajstić information content (AvgIpc) is 3.09. The van der Waals surface area contributed by atoms with Crippen molar-refractivity contribution < 1.29 is 4.79 Å². The molecule has 2 N–H and O–H groups in total. The quantitative estimate of drug-likeness (QED) is 0.469. The van der Waals surface area contributed by atoms with Gasteiger partial charge in [-0.15, -0.1) is 0 Å². The van der Waals surface area contributed by atoms with Gasteiger partial charge in [-0.3, -0.25) is 4.79 Å². The SMILES string of the molecule is Cc1ccc2nc(CCc3cccc(NC(=O)c4ccccc4Cl)c3)[nH]c2c1. The molecule has 4 rings (SSSR count). The first-order chi connectivity index (χ1) is 13.6. The summed E-state index contributed by atoms with van der Waals surface area (Å²) in [5.74, 6) is 0.751. The molecule has 0 aliphatic carbocycles. The summed E-state index contributed by atoms with van der Waals surface area (Å²) in [5, 5.41) is 3.36. The summed E-state index contributed by atoms with van der Waals surface area (Å²) in [7, 11) is 0. The number of benzene rings is 3. The third-order valence-electron chi connectivity index (χ3n) is 4.64. The van der Waals surface area contributed by atoms with Gasteiger partial charge in [0.2, 0.25) is 0 Å². The first kappa shape index (κ1) is 18.3. The zero-order valence-corrected chi connectivity index (χ0v) is 16.3. The second-order valence-corrected chi connectivity index (χ2v) is 7.25. The largest absolute Gasteiger partial charge is 0.342 e. The summed E-state index contributed by atoms with van der Waals surface area (Å²) in [5.41, 5.74) is 5.62. The molecule has 3 aromatic carbocycles. The molecular formula is C23H20ClN3O. The lowest BCUT2D eigenvalue weighted by Gasteiger charge is -2.08. The van der Waals surface area contributed by atoms with E-state index in [1.54, 1.807) is 24.3 Å². The maximum Gasteiger partial charge on any atom is 0.257 e. The van der Waals surface area contributed by atoms with Gasteiger partial charge in [0, 0.05) is 12.1 Å². The van der Waals surface area contributed by atoms with E-state index < -0.39 is 0 Å². The van der Waals surface area contributed by atoms with Crippen molar-refractivity contribution in [2.75, 3.05) is 5.32 Å². The molecule has 0 saturated heterocycles. The van der Waals surface area contributed by atoms with Crippen molar-refractivity contribution in [2.45, 2.75) is 19.8 Å². The van der Waals surface area contributed by atoms with E-state index in [0.29, 0.717) is 10.6 Å². The van der Waals surface area contributed by atoms with Crippen molar-refractivity contribution in [1.29, 1.82) is 0 Å². The minimum Gasteiger partial charge on any atom is -0.342 e. The Morgan fingerprint density at radius 1 is 1.04 bits per heavy atom. The lowest BCUT2D eigenvalue weighted by atomic mass is 10.1. The van der Waals surface area contributed by atoms with E-state index in [1.807, 2.05) is 24.3 Å². The summed E-state index contributed by atoms with van der Waals surface area (Å²) in [6.45, 7) is 2.07. The van der Waals surface area contributed by atoms with E-state index in [1.165, 1.54) is 5.56 Å². The normalized spacial score (nSPS) is 10.9. The Morgan fingerprint density at radius 3 is 2.75 bits per heavy atom. The number of rotatable bonds is 5. The van der Waals surface area contributed by atoms with Crippen LogP contribution in [0.25, 0.3) is 11.0 Å². The van der Waals surface area contributed by atoms with Gasteiger partial charge in [0.25, 0.3) is 5.91 Å². The van der Waals surface area contributed by atoms with Gasteiger partial charge < -0.3 is 10.3 Å². The molecule has 0 saturated carbocycles. The average molecular weight is 390 g/mol. The van der Waals surface area contributed by atoms with E-state index >= 15 is 0 Å². The Bertz CT molecular complexity index is 1150. The Hall–Kier alpha value is -3.11. The number of hydrogen-bond acceptors (Lipinski definition) is 2. The number of aromatic nitrogens is 2. The standard InChI is InChI=1S/C23H20ClN3O/c1-15-9-11-20-21(13-15)27-22(26-20)12-10-16-5-4-6-17(14-16)25-23(28)18-7-2-3-8-19(18)24/h2-9,11,13-14H,10,12H2,1H3,(H,25,28)(H,26,27). The fourth-order valence-corrected chi connectivity index (χ4v) is 3.43. The lowest BCUT2D eigenvalue weighted by Crippen LogP contribution is -2.12. The van der Waals surface area contributed by atoms with Gasteiger partial charge in [-0.05, 0) is 60.9 Å². The molecule has 4 nitrogen and oxygen atoms in total.